The van der Waals surface area contributed by atoms with E-state index in [1.165, 1.54) is 0 Å². The average Bonchev–Trinajstić information content (AvgIpc) is 3.28. The summed E-state index contributed by atoms with van der Waals surface area (Å²) in [5, 5.41) is 17.1. The Hall–Kier alpha value is -4.46. The molecule has 1 aliphatic rings. The molecule has 8 nitrogen and oxygen atoms in total. The summed E-state index contributed by atoms with van der Waals surface area (Å²) in [6.45, 7) is 0. The molecule has 1 atom stereocenters. The average molecular weight is 424 g/mol. The van der Waals surface area contributed by atoms with Gasteiger partial charge in [0, 0.05) is 28.4 Å². The van der Waals surface area contributed by atoms with E-state index in [9.17, 15) is 4.79 Å². The normalized spacial score (nSPS) is 14.4. The van der Waals surface area contributed by atoms with Crippen LogP contribution in [0.2, 0.25) is 0 Å². The molecule has 0 fully saturated rings. The lowest BCUT2D eigenvalue weighted by atomic mass is 9.96. The SMILES string of the molecule is COc1cccc(NC(=O)N[C@@H]2N=C(c3ccccc3)c3ccccc3-c3n[nH]nc32)c1. The highest BCUT2D eigenvalue weighted by molar-refractivity contribution is 6.17. The van der Waals surface area contributed by atoms with Crippen LogP contribution >= 0.6 is 0 Å². The van der Waals surface area contributed by atoms with Gasteiger partial charge in [0.15, 0.2) is 6.17 Å². The highest BCUT2D eigenvalue weighted by atomic mass is 16.5. The maximum atomic E-state index is 12.8. The molecule has 0 saturated carbocycles. The van der Waals surface area contributed by atoms with Gasteiger partial charge in [0.2, 0.25) is 0 Å². The third kappa shape index (κ3) is 3.69. The summed E-state index contributed by atoms with van der Waals surface area (Å²) >= 11 is 0. The first kappa shape index (κ1) is 19.5. The molecule has 8 heteroatoms. The van der Waals surface area contributed by atoms with Crippen molar-refractivity contribution in [3.63, 3.8) is 0 Å². The van der Waals surface area contributed by atoms with E-state index in [-0.39, 0.29) is 0 Å². The highest BCUT2D eigenvalue weighted by Gasteiger charge is 2.29. The number of aromatic nitrogens is 3. The van der Waals surface area contributed by atoms with Crippen LogP contribution in [0.1, 0.15) is 23.0 Å². The van der Waals surface area contributed by atoms with Gasteiger partial charge in [-0.1, -0.05) is 60.7 Å². The van der Waals surface area contributed by atoms with Crippen LogP contribution in [0.25, 0.3) is 11.3 Å². The largest absolute Gasteiger partial charge is 0.497 e. The first-order chi connectivity index (χ1) is 15.7. The number of aromatic amines is 1. The lowest BCUT2D eigenvalue weighted by molar-refractivity contribution is 0.248. The topological polar surface area (TPSA) is 104 Å². The molecule has 0 bridgehead atoms. The van der Waals surface area contributed by atoms with Crippen molar-refractivity contribution in [3.05, 3.63) is 95.7 Å². The number of anilines is 1. The maximum Gasteiger partial charge on any atom is 0.321 e. The molecular weight excluding hydrogens is 404 g/mol. The zero-order chi connectivity index (χ0) is 21.9. The van der Waals surface area contributed by atoms with Gasteiger partial charge in [0.05, 0.1) is 12.8 Å². The summed E-state index contributed by atoms with van der Waals surface area (Å²) in [7, 11) is 1.58. The molecule has 2 heterocycles. The summed E-state index contributed by atoms with van der Waals surface area (Å²) in [4.78, 5) is 17.8. The zero-order valence-corrected chi connectivity index (χ0v) is 17.2. The number of rotatable bonds is 4. The van der Waals surface area contributed by atoms with Crippen LogP contribution in [0.5, 0.6) is 5.75 Å². The second-order valence-corrected chi connectivity index (χ2v) is 7.18. The molecule has 0 radical (unpaired) electrons. The van der Waals surface area contributed by atoms with E-state index in [1.807, 2.05) is 60.7 Å². The van der Waals surface area contributed by atoms with Gasteiger partial charge in [0.25, 0.3) is 0 Å². The molecule has 1 aliphatic heterocycles. The molecule has 3 N–H and O–H groups in total. The summed E-state index contributed by atoms with van der Waals surface area (Å²) in [5.74, 6) is 0.649. The van der Waals surface area contributed by atoms with Crippen LogP contribution in [-0.2, 0) is 0 Å². The highest BCUT2D eigenvalue weighted by Crippen LogP contribution is 2.34. The van der Waals surface area contributed by atoms with Gasteiger partial charge in [-0.3, -0.25) is 4.99 Å². The Morgan fingerprint density at radius 3 is 2.53 bits per heavy atom. The summed E-state index contributed by atoms with van der Waals surface area (Å²) in [6.07, 6.45) is -0.739. The fourth-order valence-corrected chi connectivity index (χ4v) is 3.70. The molecule has 5 rings (SSSR count). The Morgan fingerprint density at radius 1 is 0.938 bits per heavy atom. The van der Waals surface area contributed by atoms with E-state index >= 15 is 0 Å². The summed E-state index contributed by atoms with van der Waals surface area (Å²) < 4.78 is 5.22. The van der Waals surface area contributed by atoms with E-state index in [1.54, 1.807) is 25.3 Å². The number of nitrogens with one attached hydrogen (secondary N) is 3. The minimum absolute atomic E-state index is 0.417. The Kier molecular flexibility index (Phi) is 5.09. The Balaban J connectivity index is 1.53. The number of benzene rings is 3. The third-order valence-corrected chi connectivity index (χ3v) is 5.17. The van der Waals surface area contributed by atoms with Crippen LogP contribution in [0.4, 0.5) is 10.5 Å². The summed E-state index contributed by atoms with van der Waals surface area (Å²) in [5.41, 5.74) is 5.32. The number of fused-ring (bicyclic) bond motifs is 3. The predicted molar refractivity (Wildman–Crippen MR) is 122 cm³/mol. The molecule has 3 aromatic carbocycles. The van der Waals surface area contributed by atoms with Gasteiger partial charge >= 0.3 is 6.03 Å². The second-order valence-electron chi connectivity index (χ2n) is 7.18. The lowest BCUT2D eigenvalue weighted by Crippen LogP contribution is -2.32. The Morgan fingerprint density at radius 2 is 1.72 bits per heavy atom. The molecule has 4 aromatic rings. The number of ether oxygens (including phenoxy) is 1. The molecule has 0 spiro atoms. The maximum absolute atomic E-state index is 12.8. The minimum atomic E-state index is -0.739. The number of H-pyrrole nitrogens is 1. The van der Waals surface area contributed by atoms with Crippen LogP contribution in [0.3, 0.4) is 0 Å². The van der Waals surface area contributed by atoms with Crippen molar-refractivity contribution in [2.45, 2.75) is 6.17 Å². The number of carbonyl (C=O) groups excluding carboxylic acids is 1. The molecular formula is C24H20N6O2. The zero-order valence-electron chi connectivity index (χ0n) is 17.2. The van der Waals surface area contributed by atoms with Gasteiger partial charge in [-0.2, -0.15) is 15.4 Å². The third-order valence-electron chi connectivity index (χ3n) is 5.17. The Bertz CT molecular complexity index is 1300. The number of urea groups is 1. The van der Waals surface area contributed by atoms with E-state index in [0.717, 1.165) is 22.4 Å². The van der Waals surface area contributed by atoms with Gasteiger partial charge in [-0.25, -0.2) is 4.79 Å². The van der Waals surface area contributed by atoms with Crippen molar-refractivity contribution in [2.24, 2.45) is 4.99 Å². The van der Waals surface area contributed by atoms with Crippen molar-refractivity contribution in [2.75, 3.05) is 12.4 Å². The quantitative estimate of drug-likeness (QED) is 0.458. The summed E-state index contributed by atoms with van der Waals surface area (Å²) in [6, 6.07) is 24.5. The first-order valence-corrected chi connectivity index (χ1v) is 10.1. The van der Waals surface area contributed by atoms with Crippen molar-refractivity contribution >= 4 is 17.4 Å². The predicted octanol–water partition coefficient (Wildman–Crippen LogP) is 4.15. The fraction of sp³-hybridized carbons (Fsp3) is 0.0833. The number of methoxy groups -OCH3 is 1. The van der Waals surface area contributed by atoms with Crippen molar-refractivity contribution < 1.29 is 9.53 Å². The number of hydrogen-bond acceptors (Lipinski definition) is 5. The van der Waals surface area contributed by atoms with E-state index < -0.39 is 12.2 Å². The van der Waals surface area contributed by atoms with Crippen LogP contribution < -0.4 is 15.4 Å². The lowest BCUT2D eigenvalue weighted by Gasteiger charge is -2.15. The van der Waals surface area contributed by atoms with Crippen LogP contribution in [-0.4, -0.2) is 34.3 Å². The number of amides is 2. The number of hydrogen-bond donors (Lipinski definition) is 3. The van der Waals surface area contributed by atoms with Gasteiger partial charge in [-0.05, 0) is 12.1 Å². The Labute approximate surface area is 184 Å². The number of aliphatic imine (C=N–C) groups is 1. The molecule has 32 heavy (non-hydrogen) atoms. The molecule has 0 unspecified atom stereocenters. The van der Waals surface area contributed by atoms with Gasteiger partial charge in [-0.15, -0.1) is 0 Å². The molecule has 2 amide bonds. The first-order valence-electron chi connectivity index (χ1n) is 10.1. The smallest absolute Gasteiger partial charge is 0.321 e. The molecule has 1 aromatic heterocycles. The van der Waals surface area contributed by atoms with E-state index in [2.05, 4.69) is 26.0 Å². The van der Waals surface area contributed by atoms with Crippen LogP contribution in [0, 0.1) is 0 Å². The van der Waals surface area contributed by atoms with E-state index in [0.29, 0.717) is 22.8 Å². The molecule has 0 aliphatic carbocycles. The minimum Gasteiger partial charge on any atom is -0.497 e. The van der Waals surface area contributed by atoms with Crippen molar-refractivity contribution in [1.29, 1.82) is 0 Å². The van der Waals surface area contributed by atoms with Crippen molar-refractivity contribution in [1.82, 2.24) is 20.7 Å². The number of carbonyl (C=O) groups is 1. The van der Waals surface area contributed by atoms with Gasteiger partial charge < -0.3 is 15.4 Å². The molecule has 0 saturated heterocycles. The fourth-order valence-electron chi connectivity index (χ4n) is 3.70. The molecule has 158 valence electrons. The number of nitrogens with zero attached hydrogens (tertiary/aromatic N) is 3. The van der Waals surface area contributed by atoms with Crippen LogP contribution in [0.15, 0.2) is 83.9 Å². The standard InChI is InChI=1S/C24H20N6O2/c1-32-17-11-7-10-16(14-17)25-24(31)27-23-22-21(28-30-29-22)19-13-6-5-12-18(19)20(26-23)15-8-3-2-4-9-15/h2-14,23H,1H3,(H2,25,27,31)(H,28,29,30)/t23-/m0/s1. The van der Waals surface area contributed by atoms with Gasteiger partial charge in [0.1, 0.15) is 17.1 Å². The second kappa shape index (κ2) is 8.35. The monoisotopic (exact) mass is 424 g/mol. The van der Waals surface area contributed by atoms with E-state index in [4.69, 9.17) is 9.73 Å². The van der Waals surface area contributed by atoms with Crippen molar-refractivity contribution in [3.8, 4) is 17.0 Å².